The van der Waals surface area contributed by atoms with E-state index in [1.807, 2.05) is 24.3 Å². The molecular formula is C19H15NO4. The van der Waals surface area contributed by atoms with Crippen molar-refractivity contribution in [3.8, 4) is 17.2 Å². The second-order valence-electron chi connectivity index (χ2n) is 5.00. The number of esters is 1. The molecule has 3 aromatic rings. The minimum absolute atomic E-state index is 0.158. The predicted molar refractivity (Wildman–Crippen MR) is 89.9 cm³/mol. The molecule has 1 aromatic heterocycles. The molecule has 0 radical (unpaired) electrons. The topological polar surface area (TPSA) is 57.5 Å². The van der Waals surface area contributed by atoms with Gasteiger partial charge in [0.05, 0.1) is 7.11 Å². The molecule has 0 aliphatic rings. The fourth-order valence-electron chi connectivity index (χ4n) is 2.27. The third-order valence-corrected chi connectivity index (χ3v) is 3.43. The van der Waals surface area contributed by atoms with Crippen LogP contribution < -0.4 is 10.3 Å². The van der Waals surface area contributed by atoms with E-state index < -0.39 is 5.97 Å². The summed E-state index contributed by atoms with van der Waals surface area (Å²) in [5.41, 5.74) is 0.517. The van der Waals surface area contributed by atoms with Crippen LogP contribution in [0.5, 0.6) is 11.5 Å². The number of aromatic nitrogens is 1. The fraction of sp³-hybridized carbons (Fsp3) is 0.0526. The highest BCUT2D eigenvalue weighted by Crippen LogP contribution is 2.25. The van der Waals surface area contributed by atoms with Crippen LogP contribution in [0.1, 0.15) is 10.4 Å². The van der Waals surface area contributed by atoms with E-state index in [-0.39, 0.29) is 16.9 Å². The largest absolute Gasteiger partial charge is 0.465 e. The number of hydrogen-bond donors (Lipinski definition) is 0. The van der Waals surface area contributed by atoms with Crippen molar-refractivity contribution in [1.82, 2.24) is 4.57 Å². The molecule has 0 atom stereocenters. The van der Waals surface area contributed by atoms with Gasteiger partial charge in [-0.05, 0) is 24.3 Å². The number of para-hydroxylation sites is 2. The highest BCUT2D eigenvalue weighted by molar-refractivity contribution is 5.92. The zero-order chi connectivity index (χ0) is 16.9. The van der Waals surface area contributed by atoms with Crippen molar-refractivity contribution in [3.05, 3.63) is 88.8 Å². The van der Waals surface area contributed by atoms with Crippen LogP contribution in [-0.4, -0.2) is 17.6 Å². The van der Waals surface area contributed by atoms with Crippen LogP contribution in [0.15, 0.2) is 77.7 Å². The van der Waals surface area contributed by atoms with Crippen LogP contribution >= 0.6 is 0 Å². The molecule has 1 heterocycles. The number of benzene rings is 2. The summed E-state index contributed by atoms with van der Waals surface area (Å²) in [5, 5.41) is 0. The molecule has 0 fully saturated rings. The first-order valence-corrected chi connectivity index (χ1v) is 7.32. The van der Waals surface area contributed by atoms with E-state index in [9.17, 15) is 9.59 Å². The number of hydrogen-bond acceptors (Lipinski definition) is 4. The van der Waals surface area contributed by atoms with E-state index in [2.05, 4.69) is 0 Å². The summed E-state index contributed by atoms with van der Waals surface area (Å²) in [7, 11) is 1.28. The van der Waals surface area contributed by atoms with Crippen molar-refractivity contribution in [2.45, 2.75) is 0 Å². The third kappa shape index (κ3) is 3.20. The van der Waals surface area contributed by atoms with E-state index in [1.54, 1.807) is 36.4 Å². The smallest absolute Gasteiger partial charge is 0.343 e. The molecule has 0 N–H and O–H groups in total. The Kier molecular flexibility index (Phi) is 4.43. The molecule has 5 heteroatoms. The molecule has 2 aromatic carbocycles. The Hall–Kier alpha value is -3.34. The number of nitrogens with zero attached hydrogens (tertiary/aromatic N) is 1. The van der Waals surface area contributed by atoms with Crippen molar-refractivity contribution >= 4 is 5.97 Å². The number of rotatable bonds is 4. The first-order chi connectivity index (χ1) is 11.7. The molecule has 3 rings (SSSR count). The first-order valence-electron chi connectivity index (χ1n) is 7.32. The number of carbonyl (C=O) groups excluding carboxylic acids is 1. The van der Waals surface area contributed by atoms with Gasteiger partial charge in [-0.2, -0.15) is 0 Å². The van der Waals surface area contributed by atoms with E-state index in [0.717, 1.165) is 0 Å². The number of carbonyl (C=O) groups is 1. The van der Waals surface area contributed by atoms with E-state index in [1.165, 1.54) is 23.9 Å². The summed E-state index contributed by atoms with van der Waals surface area (Å²) in [5.74, 6) is 0.107. The maximum absolute atomic E-state index is 12.4. The lowest BCUT2D eigenvalue weighted by Gasteiger charge is -2.13. The zero-order valence-electron chi connectivity index (χ0n) is 13.0. The molecule has 24 heavy (non-hydrogen) atoms. The van der Waals surface area contributed by atoms with Crippen LogP contribution in [0.3, 0.4) is 0 Å². The van der Waals surface area contributed by atoms with Crippen molar-refractivity contribution in [2.75, 3.05) is 7.11 Å². The Morgan fingerprint density at radius 2 is 1.58 bits per heavy atom. The molecule has 0 aliphatic carbocycles. The molecule has 0 amide bonds. The summed E-state index contributed by atoms with van der Waals surface area (Å²) in [4.78, 5) is 24.5. The molecule has 0 unspecified atom stereocenters. The predicted octanol–water partition coefficient (Wildman–Crippen LogP) is 3.42. The number of methoxy groups -OCH3 is 1. The quantitative estimate of drug-likeness (QED) is 0.691. The van der Waals surface area contributed by atoms with Crippen molar-refractivity contribution < 1.29 is 14.3 Å². The lowest BCUT2D eigenvalue weighted by molar-refractivity contribution is 0.0597. The van der Waals surface area contributed by atoms with Crippen molar-refractivity contribution in [1.29, 1.82) is 0 Å². The lowest BCUT2D eigenvalue weighted by Crippen LogP contribution is -2.20. The minimum Gasteiger partial charge on any atom is -0.465 e. The number of pyridine rings is 1. The normalized spacial score (nSPS) is 10.2. The van der Waals surface area contributed by atoms with Crippen LogP contribution in [0, 0.1) is 0 Å². The van der Waals surface area contributed by atoms with Crippen LogP contribution in [0.2, 0.25) is 0 Å². The molecule has 0 saturated carbocycles. The van der Waals surface area contributed by atoms with Gasteiger partial charge in [0.1, 0.15) is 17.1 Å². The summed E-state index contributed by atoms with van der Waals surface area (Å²) in [6.45, 7) is 0. The Morgan fingerprint density at radius 3 is 2.21 bits per heavy atom. The van der Waals surface area contributed by atoms with Crippen LogP contribution in [0.25, 0.3) is 5.69 Å². The SMILES string of the molecule is COC(=O)c1cn(-c2ccccc2)c(=O)cc1Oc1ccccc1. The maximum Gasteiger partial charge on any atom is 0.343 e. The van der Waals surface area contributed by atoms with Crippen LogP contribution in [-0.2, 0) is 4.74 Å². The monoisotopic (exact) mass is 321 g/mol. The molecular weight excluding hydrogens is 306 g/mol. The highest BCUT2D eigenvalue weighted by atomic mass is 16.5. The van der Waals surface area contributed by atoms with E-state index >= 15 is 0 Å². The summed E-state index contributed by atoms with van der Waals surface area (Å²) >= 11 is 0. The highest BCUT2D eigenvalue weighted by Gasteiger charge is 2.17. The molecule has 0 bridgehead atoms. The van der Waals surface area contributed by atoms with Gasteiger partial charge in [0, 0.05) is 18.0 Å². The summed E-state index contributed by atoms with van der Waals surface area (Å²) in [6.07, 6.45) is 1.43. The van der Waals surface area contributed by atoms with Gasteiger partial charge in [-0.3, -0.25) is 9.36 Å². The Morgan fingerprint density at radius 1 is 0.958 bits per heavy atom. The maximum atomic E-state index is 12.4. The van der Waals surface area contributed by atoms with Crippen molar-refractivity contribution in [3.63, 3.8) is 0 Å². The van der Waals surface area contributed by atoms with Crippen molar-refractivity contribution in [2.24, 2.45) is 0 Å². The standard InChI is InChI=1S/C19H15NO4/c1-23-19(22)16-13-20(14-8-4-2-5-9-14)18(21)12-17(16)24-15-10-6-3-7-11-15/h2-13H,1H3. The molecule has 0 saturated heterocycles. The minimum atomic E-state index is -0.578. The number of ether oxygens (including phenoxy) is 2. The Bertz CT molecular complexity index is 902. The van der Waals surface area contributed by atoms with E-state index in [0.29, 0.717) is 11.4 Å². The van der Waals surface area contributed by atoms with Gasteiger partial charge in [0.2, 0.25) is 0 Å². The van der Waals surface area contributed by atoms with Gasteiger partial charge >= 0.3 is 5.97 Å². The lowest BCUT2D eigenvalue weighted by atomic mass is 10.2. The Balaban J connectivity index is 2.11. The summed E-state index contributed by atoms with van der Waals surface area (Å²) in [6, 6.07) is 19.3. The van der Waals surface area contributed by atoms with Gasteiger partial charge < -0.3 is 9.47 Å². The van der Waals surface area contributed by atoms with Gasteiger partial charge in [-0.25, -0.2) is 4.79 Å². The average Bonchev–Trinajstić information content (AvgIpc) is 2.63. The van der Waals surface area contributed by atoms with Gasteiger partial charge in [0.15, 0.2) is 0 Å². The van der Waals surface area contributed by atoms with Gasteiger partial charge in [-0.15, -0.1) is 0 Å². The van der Waals surface area contributed by atoms with Gasteiger partial charge in [-0.1, -0.05) is 36.4 Å². The van der Waals surface area contributed by atoms with Crippen LogP contribution in [0.4, 0.5) is 0 Å². The zero-order valence-corrected chi connectivity index (χ0v) is 13.0. The first kappa shape index (κ1) is 15.6. The molecule has 5 nitrogen and oxygen atoms in total. The van der Waals surface area contributed by atoms with E-state index in [4.69, 9.17) is 9.47 Å². The second-order valence-corrected chi connectivity index (χ2v) is 5.00. The fourth-order valence-corrected chi connectivity index (χ4v) is 2.27. The molecule has 0 aliphatic heterocycles. The molecule has 120 valence electrons. The third-order valence-electron chi connectivity index (χ3n) is 3.43. The average molecular weight is 321 g/mol. The molecule has 0 spiro atoms. The van der Waals surface area contributed by atoms with Gasteiger partial charge in [0.25, 0.3) is 5.56 Å². The Labute approximate surface area is 138 Å². The summed E-state index contributed by atoms with van der Waals surface area (Å²) < 4.78 is 11.9. The second kappa shape index (κ2) is 6.83.